The zero-order chi connectivity index (χ0) is 15.4. The highest BCUT2D eigenvalue weighted by atomic mass is 32.2. The van der Waals surface area contributed by atoms with Crippen LogP contribution in [0.2, 0.25) is 0 Å². The first-order valence-electron chi connectivity index (χ1n) is 7.50. The van der Waals surface area contributed by atoms with Crippen LogP contribution >= 0.6 is 0 Å². The van der Waals surface area contributed by atoms with Crippen molar-refractivity contribution in [3.8, 4) is 0 Å². The van der Waals surface area contributed by atoms with E-state index < -0.39 is 9.84 Å². The SMILES string of the molecule is O=S(=O)(c1ccc(NCc2ccco2)nn1)C1CCCCC1. The number of nitrogens with zero attached hydrogens (tertiary/aromatic N) is 2. The number of furan rings is 1. The van der Waals surface area contributed by atoms with Crippen molar-refractivity contribution >= 4 is 15.7 Å². The second-order valence-electron chi connectivity index (χ2n) is 5.49. The van der Waals surface area contributed by atoms with E-state index in [0.717, 1.165) is 37.9 Å². The van der Waals surface area contributed by atoms with Gasteiger partial charge in [-0.05, 0) is 37.1 Å². The van der Waals surface area contributed by atoms with Crippen LogP contribution in [-0.2, 0) is 16.4 Å². The summed E-state index contributed by atoms with van der Waals surface area (Å²) in [6.07, 6.45) is 6.11. The number of rotatable bonds is 5. The zero-order valence-electron chi connectivity index (χ0n) is 12.2. The Morgan fingerprint density at radius 3 is 2.59 bits per heavy atom. The summed E-state index contributed by atoms with van der Waals surface area (Å²) in [7, 11) is -3.36. The molecule has 1 aliphatic carbocycles. The Morgan fingerprint density at radius 2 is 1.95 bits per heavy atom. The largest absolute Gasteiger partial charge is 0.467 e. The van der Waals surface area contributed by atoms with Gasteiger partial charge in [-0.25, -0.2) is 8.42 Å². The first-order valence-corrected chi connectivity index (χ1v) is 9.05. The molecule has 0 radical (unpaired) electrons. The van der Waals surface area contributed by atoms with Gasteiger partial charge in [0, 0.05) is 0 Å². The first kappa shape index (κ1) is 15.0. The summed E-state index contributed by atoms with van der Waals surface area (Å²) in [6, 6.07) is 6.83. The molecular formula is C15H19N3O3S. The van der Waals surface area contributed by atoms with E-state index in [1.54, 1.807) is 12.3 Å². The molecule has 1 saturated carbocycles. The van der Waals surface area contributed by atoms with Crippen molar-refractivity contribution in [2.45, 2.75) is 48.9 Å². The van der Waals surface area contributed by atoms with Crippen molar-refractivity contribution in [2.24, 2.45) is 0 Å². The minimum Gasteiger partial charge on any atom is -0.467 e. The number of sulfone groups is 1. The van der Waals surface area contributed by atoms with Gasteiger partial charge in [0.15, 0.2) is 14.9 Å². The lowest BCUT2D eigenvalue weighted by molar-refractivity contribution is 0.481. The minimum absolute atomic E-state index is 0.0722. The molecule has 1 N–H and O–H groups in total. The van der Waals surface area contributed by atoms with E-state index in [1.165, 1.54) is 6.07 Å². The smallest absolute Gasteiger partial charge is 0.200 e. The van der Waals surface area contributed by atoms with Crippen LogP contribution in [0.5, 0.6) is 0 Å². The predicted molar refractivity (Wildman–Crippen MR) is 82.1 cm³/mol. The van der Waals surface area contributed by atoms with Crippen molar-refractivity contribution in [3.05, 3.63) is 36.3 Å². The van der Waals surface area contributed by atoms with Gasteiger partial charge < -0.3 is 9.73 Å². The average Bonchev–Trinajstić information content (AvgIpc) is 3.08. The maximum absolute atomic E-state index is 12.5. The van der Waals surface area contributed by atoms with Crippen molar-refractivity contribution < 1.29 is 12.8 Å². The Balaban J connectivity index is 1.67. The standard InChI is InChI=1S/C15H19N3O3S/c19-22(20,13-6-2-1-3-7-13)15-9-8-14(17-18-15)16-11-12-5-4-10-21-12/h4-5,8-10,13H,1-3,6-7,11H2,(H,16,17). The van der Waals surface area contributed by atoms with Crippen LogP contribution in [0.25, 0.3) is 0 Å². The van der Waals surface area contributed by atoms with Crippen molar-refractivity contribution in [1.29, 1.82) is 0 Å². The molecule has 7 heteroatoms. The summed E-state index contributed by atoms with van der Waals surface area (Å²) in [5, 5.41) is 10.7. The summed E-state index contributed by atoms with van der Waals surface area (Å²) in [4.78, 5) is 0. The maximum Gasteiger partial charge on any atom is 0.200 e. The summed E-state index contributed by atoms with van der Waals surface area (Å²) in [5.74, 6) is 1.31. The molecule has 0 aliphatic heterocycles. The fourth-order valence-corrected chi connectivity index (χ4v) is 4.41. The molecule has 0 amide bonds. The van der Waals surface area contributed by atoms with E-state index in [4.69, 9.17) is 4.42 Å². The molecule has 2 heterocycles. The van der Waals surface area contributed by atoms with E-state index >= 15 is 0 Å². The maximum atomic E-state index is 12.5. The summed E-state index contributed by atoms with van der Waals surface area (Å²) in [6.45, 7) is 0.483. The monoisotopic (exact) mass is 321 g/mol. The molecule has 0 aromatic carbocycles. The van der Waals surface area contributed by atoms with E-state index in [1.807, 2.05) is 12.1 Å². The predicted octanol–water partition coefficient (Wildman–Crippen LogP) is 2.79. The van der Waals surface area contributed by atoms with Gasteiger partial charge in [0.2, 0.25) is 0 Å². The molecule has 0 saturated heterocycles. The lowest BCUT2D eigenvalue weighted by Gasteiger charge is -2.20. The normalized spacial score (nSPS) is 16.5. The fraction of sp³-hybridized carbons (Fsp3) is 0.467. The summed E-state index contributed by atoms with van der Waals surface area (Å²) >= 11 is 0. The van der Waals surface area contributed by atoms with Crippen molar-refractivity contribution in [1.82, 2.24) is 10.2 Å². The molecule has 2 aromatic rings. The molecule has 118 valence electrons. The molecule has 0 spiro atoms. The average molecular weight is 321 g/mol. The van der Waals surface area contributed by atoms with Crippen LogP contribution in [0.1, 0.15) is 37.9 Å². The second kappa shape index (κ2) is 6.48. The first-order chi connectivity index (χ1) is 10.7. The molecule has 1 aliphatic rings. The lowest BCUT2D eigenvalue weighted by atomic mass is 10.0. The van der Waals surface area contributed by atoms with Gasteiger partial charge in [-0.15, -0.1) is 10.2 Å². The fourth-order valence-electron chi connectivity index (χ4n) is 2.70. The third-order valence-corrected chi connectivity index (χ3v) is 6.10. The topological polar surface area (TPSA) is 85.1 Å². The van der Waals surface area contributed by atoms with E-state index in [9.17, 15) is 8.42 Å². The van der Waals surface area contributed by atoms with Crippen LogP contribution in [0.4, 0.5) is 5.82 Å². The van der Waals surface area contributed by atoms with Gasteiger partial charge in [0.25, 0.3) is 0 Å². The van der Waals surface area contributed by atoms with Gasteiger partial charge in [0.1, 0.15) is 11.6 Å². The van der Waals surface area contributed by atoms with Gasteiger partial charge in [0.05, 0.1) is 18.1 Å². The molecule has 3 rings (SSSR count). The Morgan fingerprint density at radius 1 is 1.14 bits per heavy atom. The zero-order valence-corrected chi connectivity index (χ0v) is 13.1. The molecule has 2 aromatic heterocycles. The number of hydrogen-bond donors (Lipinski definition) is 1. The van der Waals surface area contributed by atoms with Crippen molar-refractivity contribution in [3.63, 3.8) is 0 Å². The van der Waals surface area contributed by atoms with Crippen LogP contribution in [-0.4, -0.2) is 23.9 Å². The number of nitrogens with one attached hydrogen (secondary N) is 1. The second-order valence-corrected chi connectivity index (χ2v) is 7.67. The van der Waals surface area contributed by atoms with E-state index in [2.05, 4.69) is 15.5 Å². The minimum atomic E-state index is -3.36. The molecule has 0 unspecified atom stereocenters. The van der Waals surface area contributed by atoms with Crippen LogP contribution in [0.15, 0.2) is 40.0 Å². The number of aromatic nitrogens is 2. The Labute approximate surface area is 129 Å². The number of anilines is 1. The van der Waals surface area contributed by atoms with Crippen molar-refractivity contribution in [2.75, 3.05) is 5.32 Å². The third-order valence-electron chi connectivity index (χ3n) is 3.95. The molecule has 0 bridgehead atoms. The Kier molecular flexibility index (Phi) is 4.42. The third kappa shape index (κ3) is 3.30. The van der Waals surface area contributed by atoms with Crippen LogP contribution < -0.4 is 5.32 Å². The summed E-state index contributed by atoms with van der Waals surface area (Å²) < 4.78 is 30.2. The molecule has 1 fully saturated rings. The molecule has 0 atom stereocenters. The van der Waals surface area contributed by atoms with Crippen LogP contribution in [0, 0.1) is 0 Å². The molecular weight excluding hydrogens is 302 g/mol. The van der Waals surface area contributed by atoms with Crippen LogP contribution in [0.3, 0.4) is 0 Å². The Bertz CT molecular complexity index is 690. The van der Waals surface area contributed by atoms with Gasteiger partial charge in [-0.3, -0.25) is 0 Å². The molecule has 22 heavy (non-hydrogen) atoms. The van der Waals surface area contributed by atoms with Gasteiger partial charge in [-0.2, -0.15) is 0 Å². The quantitative estimate of drug-likeness (QED) is 0.911. The van der Waals surface area contributed by atoms with Gasteiger partial charge in [-0.1, -0.05) is 19.3 Å². The Hall–Kier alpha value is -1.89. The highest BCUT2D eigenvalue weighted by Gasteiger charge is 2.30. The van der Waals surface area contributed by atoms with E-state index in [0.29, 0.717) is 12.4 Å². The highest BCUT2D eigenvalue weighted by molar-refractivity contribution is 7.92. The summed E-state index contributed by atoms with van der Waals surface area (Å²) in [5.41, 5.74) is 0. The highest BCUT2D eigenvalue weighted by Crippen LogP contribution is 2.27. The number of hydrogen-bond acceptors (Lipinski definition) is 6. The van der Waals surface area contributed by atoms with Gasteiger partial charge >= 0.3 is 0 Å². The lowest BCUT2D eigenvalue weighted by Crippen LogP contribution is -2.25. The molecule has 6 nitrogen and oxygen atoms in total. The van der Waals surface area contributed by atoms with E-state index in [-0.39, 0.29) is 10.3 Å².